The van der Waals surface area contributed by atoms with Crippen molar-refractivity contribution in [3.05, 3.63) is 59.3 Å². The molecule has 2 aromatic rings. The van der Waals surface area contributed by atoms with E-state index < -0.39 is 35.9 Å². The van der Waals surface area contributed by atoms with Gasteiger partial charge in [0.2, 0.25) is 0 Å². The number of hydrogen-bond acceptors (Lipinski definition) is 6. The van der Waals surface area contributed by atoms with Gasteiger partial charge < -0.3 is 26.0 Å². The normalized spacial score (nSPS) is 13.6. The second-order valence-electron chi connectivity index (χ2n) is 5.99. The number of alkyl carbamates (subject to hydrolysis) is 1. The number of rotatable bonds is 7. The van der Waals surface area contributed by atoms with Crippen molar-refractivity contribution in [1.82, 2.24) is 10.3 Å². The Bertz CT molecular complexity index is 787. The maximum atomic E-state index is 12.9. The molecule has 0 aliphatic heterocycles. The lowest BCUT2D eigenvalue weighted by atomic mass is 10.0. The molecule has 0 spiro atoms. The molecule has 7 nitrogen and oxygen atoms in total. The number of amides is 1. The number of nitrogens with zero attached hydrogens (tertiary/aromatic N) is 1. The summed E-state index contributed by atoms with van der Waals surface area (Å²) in [5.74, 6) is -0.722. The van der Waals surface area contributed by atoms with Crippen molar-refractivity contribution in [2.24, 2.45) is 0 Å². The molecule has 0 saturated carbocycles. The maximum Gasteiger partial charge on any atom is 0.419 e. The fourth-order valence-corrected chi connectivity index (χ4v) is 2.36. The molecule has 1 aromatic heterocycles. The Morgan fingerprint density at radius 2 is 1.93 bits per heavy atom. The molecule has 1 aromatic carbocycles. The summed E-state index contributed by atoms with van der Waals surface area (Å²) < 4.78 is 43.5. The van der Waals surface area contributed by atoms with E-state index in [2.05, 4.69) is 10.3 Å². The molecule has 0 fully saturated rings. The Labute approximate surface area is 159 Å². The van der Waals surface area contributed by atoms with Gasteiger partial charge in [-0.25, -0.2) is 9.78 Å². The van der Waals surface area contributed by atoms with Crippen molar-refractivity contribution in [1.29, 1.82) is 0 Å². The van der Waals surface area contributed by atoms with Gasteiger partial charge in [-0.1, -0.05) is 30.3 Å². The summed E-state index contributed by atoms with van der Waals surface area (Å²) in [6.45, 7) is 0.00948. The zero-order valence-electron chi connectivity index (χ0n) is 14.7. The van der Waals surface area contributed by atoms with E-state index in [1.165, 1.54) is 0 Å². The lowest BCUT2D eigenvalue weighted by molar-refractivity contribution is -0.137. The summed E-state index contributed by atoms with van der Waals surface area (Å²) in [5, 5.41) is 22.4. The number of nitrogens with two attached hydrogens (primary N) is 1. The van der Waals surface area contributed by atoms with E-state index in [9.17, 15) is 28.2 Å². The van der Waals surface area contributed by atoms with E-state index in [0.29, 0.717) is 6.07 Å². The molecule has 2 unspecified atom stereocenters. The van der Waals surface area contributed by atoms with E-state index in [-0.39, 0.29) is 25.1 Å². The van der Waals surface area contributed by atoms with Crippen LogP contribution in [0, 0.1) is 0 Å². The molecule has 0 aliphatic carbocycles. The van der Waals surface area contributed by atoms with Gasteiger partial charge in [0, 0.05) is 18.3 Å². The highest BCUT2D eigenvalue weighted by Crippen LogP contribution is 2.34. The predicted octanol–water partition coefficient (Wildman–Crippen LogP) is 2.39. The van der Waals surface area contributed by atoms with E-state index in [0.717, 1.165) is 11.8 Å². The minimum atomic E-state index is -4.73. The van der Waals surface area contributed by atoms with Gasteiger partial charge in [-0.05, 0) is 18.1 Å². The van der Waals surface area contributed by atoms with Crippen LogP contribution >= 0.6 is 0 Å². The van der Waals surface area contributed by atoms with Crippen molar-refractivity contribution in [3.8, 4) is 0 Å². The highest BCUT2D eigenvalue weighted by molar-refractivity contribution is 5.67. The van der Waals surface area contributed by atoms with Gasteiger partial charge in [0.05, 0.1) is 11.7 Å². The van der Waals surface area contributed by atoms with Crippen LogP contribution in [0.3, 0.4) is 0 Å². The quantitative estimate of drug-likeness (QED) is 0.568. The van der Waals surface area contributed by atoms with Crippen molar-refractivity contribution in [2.45, 2.75) is 31.4 Å². The first-order chi connectivity index (χ1) is 13.2. The number of aliphatic hydroxyl groups excluding tert-OH is 2. The maximum absolute atomic E-state index is 12.9. The molecule has 10 heteroatoms. The Hall–Kier alpha value is -2.85. The first kappa shape index (κ1) is 21.5. The van der Waals surface area contributed by atoms with Gasteiger partial charge >= 0.3 is 12.3 Å². The molecular weight excluding hydrogens is 379 g/mol. The number of carbonyl (C=O) groups is 1. The molecule has 2 rings (SSSR count). The fourth-order valence-electron chi connectivity index (χ4n) is 2.36. The summed E-state index contributed by atoms with van der Waals surface area (Å²) in [6.07, 6.45) is -7.67. The molecular formula is C18H20F3N3O4. The number of aliphatic hydroxyl groups is 2. The van der Waals surface area contributed by atoms with Crippen LogP contribution in [0.1, 0.15) is 29.2 Å². The number of benzene rings is 1. The van der Waals surface area contributed by atoms with Crippen LogP contribution in [0.25, 0.3) is 0 Å². The van der Waals surface area contributed by atoms with E-state index in [1.54, 1.807) is 24.3 Å². The number of hydrogen-bond donors (Lipinski definition) is 4. The summed E-state index contributed by atoms with van der Waals surface area (Å²) in [5.41, 5.74) is 4.56. The number of aromatic nitrogens is 1. The van der Waals surface area contributed by atoms with E-state index in [4.69, 9.17) is 10.5 Å². The van der Waals surface area contributed by atoms with Crippen LogP contribution in [-0.4, -0.2) is 33.9 Å². The highest BCUT2D eigenvalue weighted by Gasteiger charge is 2.35. The number of alkyl halides is 3. The Morgan fingerprint density at radius 1 is 1.25 bits per heavy atom. The predicted molar refractivity (Wildman–Crippen MR) is 93.9 cm³/mol. The summed E-state index contributed by atoms with van der Waals surface area (Å²) >= 11 is 0. The topological polar surface area (TPSA) is 118 Å². The zero-order chi connectivity index (χ0) is 20.7. The Morgan fingerprint density at radius 3 is 2.57 bits per heavy atom. The zero-order valence-corrected chi connectivity index (χ0v) is 14.7. The third-order valence-electron chi connectivity index (χ3n) is 3.87. The van der Waals surface area contributed by atoms with Gasteiger partial charge in [0.15, 0.2) is 0 Å². The standard InChI is InChI=1S/C18H20F3N3O4/c19-18(20,21)13-8-12(9-24-16(13)22)15(26)14(25)6-7-23-17(27)28-10-11-4-2-1-3-5-11/h1-5,8-9,14-15,25-26H,6-7,10H2,(H2,22,24)(H,23,27). The summed E-state index contributed by atoms with van der Waals surface area (Å²) in [6, 6.07) is 9.62. The largest absolute Gasteiger partial charge is 0.445 e. The van der Waals surface area contributed by atoms with Crippen molar-refractivity contribution >= 4 is 11.9 Å². The molecule has 0 aliphatic rings. The number of nitrogen functional groups attached to an aromatic ring is 1. The molecule has 0 radical (unpaired) electrons. The summed E-state index contributed by atoms with van der Waals surface area (Å²) in [4.78, 5) is 15.0. The van der Waals surface area contributed by atoms with Gasteiger partial charge in [0.1, 0.15) is 18.5 Å². The number of halogens is 3. The lowest BCUT2D eigenvalue weighted by Gasteiger charge is -2.19. The highest BCUT2D eigenvalue weighted by atomic mass is 19.4. The first-order valence-electron chi connectivity index (χ1n) is 8.31. The van der Waals surface area contributed by atoms with E-state index in [1.807, 2.05) is 6.07 Å². The summed E-state index contributed by atoms with van der Waals surface area (Å²) in [7, 11) is 0. The monoisotopic (exact) mass is 399 g/mol. The molecule has 0 bridgehead atoms. The first-order valence-corrected chi connectivity index (χ1v) is 8.31. The molecule has 0 saturated heterocycles. The molecule has 2 atom stereocenters. The van der Waals surface area contributed by atoms with Crippen LogP contribution in [0.15, 0.2) is 42.6 Å². The lowest BCUT2D eigenvalue weighted by Crippen LogP contribution is -2.30. The number of nitrogens with one attached hydrogen (secondary N) is 1. The average molecular weight is 399 g/mol. The van der Waals surface area contributed by atoms with Crippen LogP contribution in [0.2, 0.25) is 0 Å². The minimum Gasteiger partial charge on any atom is -0.445 e. The van der Waals surface area contributed by atoms with Crippen LogP contribution in [0.4, 0.5) is 23.8 Å². The molecule has 1 heterocycles. The fraction of sp³-hybridized carbons (Fsp3) is 0.333. The number of carbonyl (C=O) groups excluding carboxylic acids is 1. The number of ether oxygens (including phenoxy) is 1. The number of anilines is 1. The molecule has 5 N–H and O–H groups in total. The molecule has 28 heavy (non-hydrogen) atoms. The third kappa shape index (κ3) is 6.10. The van der Waals surface area contributed by atoms with Gasteiger partial charge in [-0.2, -0.15) is 13.2 Å². The third-order valence-corrected chi connectivity index (χ3v) is 3.87. The van der Waals surface area contributed by atoms with Crippen molar-refractivity contribution < 1.29 is 32.9 Å². The van der Waals surface area contributed by atoms with Gasteiger partial charge in [-0.15, -0.1) is 0 Å². The smallest absolute Gasteiger partial charge is 0.419 e. The minimum absolute atomic E-state index is 0.0552. The second kappa shape index (κ2) is 9.38. The Balaban J connectivity index is 1.82. The average Bonchev–Trinajstić information content (AvgIpc) is 2.66. The van der Waals surface area contributed by atoms with Crippen LogP contribution in [-0.2, 0) is 17.5 Å². The van der Waals surface area contributed by atoms with Gasteiger partial charge in [0.25, 0.3) is 0 Å². The van der Waals surface area contributed by atoms with Crippen molar-refractivity contribution in [2.75, 3.05) is 12.3 Å². The molecule has 152 valence electrons. The number of pyridine rings is 1. The Kier molecular flexibility index (Phi) is 7.18. The van der Waals surface area contributed by atoms with Crippen molar-refractivity contribution in [3.63, 3.8) is 0 Å². The second-order valence-corrected chi connectivity index (χ2v) is 5.99. The SMILES string of the molecule is Nc1ncc(C(O)C(O)CCNC(=O)OCc2ccccc2)cc1C(F)(F)F. The van der Waals surface area contributed by atoms with Gasteiger partial charge in [-0.3, -0.25) is 0 Å². The van der Waals surface area contributed by atoms with Crippen LogP contribution in [0.5, 0.6) is 0 Å². The van der Waals surface area contributed by atoms with E-state index >= 15 is 0 Å². The van der Waals surface area contributed by atoms with Crippen LogP contribution < -0.4 is 11.1 Å². The molecule has 1 amide bonds.